The fourth-order valence-corrected chi connectivity index (χ4v) is 4.51. The van der Waals surface area contributed by atoms with E-state index in [1.165, 1.54) is 34.4 Å². The molecule has 0 aliphatic heterocycles. The van der Waals surface area contributed by atoms with Gasteiger partial charge in [0.25, 0.3) is 5.56 Å². The van der Waals surface area contributed by atoms with E-state index in [2.05, 4.69) is 25.8 Å². The minimum atomic E-state index is -4.51. The smallest absolute Gasteiger partial charge is 0.308 e. The summed E-state index contributed by atoms with van der Waals surface area (Å²) in [4.78, 5) is 28.9. The molecular weight excluding hydrogens is 477 g/mol. The second-order valence-corrected chi connectivity index (χ2v) is 8.99. The minimum absolute atomic E-state index is 0.00889. The van der Waals surface area contributed by atoms with Crippen molar-refractivity contribution in [1.82, 2.24) is 19.6 Å². The van der Waals surface area contributed by atoms with Crippen LogP contribution in [0.5, 0.6) is 0 Å². The molecule has 4 rings (SSSR count). The van der Waals surface area contributed by atoms with Gasteiger partial charge in [0.05, 0.1) is 11.3 Å². The van der Waals surface area contributed by atoms with E-state index in [1.807, 2.05) is 13.0 Å². The van der Waals surface area contributed by atoms with Crippen molar-refractivity contribution in [2.24, 2.45) is 0 Å². The van der Waals surface area contributed by atoms with Gasteiger partial charge in [-0.05, 0) is 36.8 Å². The number of urea groups is 1. The summed E-state index contributed by atoms with van der Waals surface area (Å²) < 4.78 is 40.4. The molecule has 0 aliphatic carbocycles. The fourth-order valence-electron chi connectivity index (χ4n) is 2.87. The number of fused-ring (bicyclic) bond motifs is 1. The maximum atomic E-state index is 12.8. The molecule has 1 aromatic carbocycles. The summed E-state index contributed by atoms with van der Waals surface area (Å²) in [5.74, 6) is 0.366. The summed E-state index contributed by atoms with van der Waals surface area (Å²) in [6, 6.07) is 8.64. The average Bonchev–Trinajstić information content (AvgIpc) is 3.20. The first-order valence-corrected chi connectivity index (χ1v) is 11.2. The van der Waals surface area contributed by atoms with Crippen molar-refractivity contribution in [2.45, 2.75) is 23.2 Å². The lowest BCUT2D eigenvalue weighted by Crippen LogP contribution is -2.19. The molecule has 0 spiro atoms. The van der Waals surface area contributed by atoms with Crippen LogP contribution in [0.15, 0.2) is 57.8 Å². The van der Waals surface area contributed by atoms with E-state index in [0.29, 0.717) is 21.4 Å². The number of hydrogen-bond donors (Lipinski definition) is 2. The van der Waals surface area contributed by atoms with Gasteiger partial charge in [0.15, 0.2) is 4.34 Å². The van der Waals surface area contributed by atoms with Crippen LogP contribution in [0.25, 0.3) is 5.65 Å². The Balaban J connectivity index is 1.38. The number of carbonyl (C=O) groups is 1. The summed E-state index contributed by atoms with van der Waals surface area (Å²) in [7, 11) is 0. The van der Waals surface area contributed by atoms with Gasteiger partial charge in [0.1, 0.15) is 5.65 Å². The molecule has 0 saturated heterocycles. The van der Waals surface area contributed by atoms with Crippen LogP contribution in [0.4, 0.5) is 28.8 Å². The van der Waals surface area contributed by atoms with Crippen molar-refractivity contribution in [2.75, 3.05) is 10.6 Å². The van der Waals surface area contributed by atoms with Crippen LogP contribution in [0, 0.1) is 6.92 Å². The summed E-state index contributed by atoms with van der Waals surface area (Å²) in [5.41, 5.74) is 0.955. The van der Waals surface area contributed by atoms with Gasteiger partial charge in [-0.1, -0.05) is 35.2 Å². The lowest BCUT2D eigenvalue weighted by atomic mass is 10.2. The maximum absolute atomic E-state index is 12.8. The zero-order valence-electron chi connectivity index (χ0n) is 16.9. The molecule has 2 N–H and O–H groups in total. The molecule has 4 aromatic rings. The molecule has 0 unspecified atom stereocenters. The standard InChI is InChI=1S/C20H15F3N6O2S2/c1-11-4-3-7-29-15(30)9-14(24-16(11)29)10-32-19-28-27-18(33-19)26-17(31)25-13-6-2-5-12(8-13)20(21,22)23/h2-9H,10H2,1H3,(H2,25,26,27,31). The number of rotatable bonds is 5. The molecule has 0 aliphatic rings. The van der Waals surface area contributed by atoms with E-state index >= 15 is 0 Å². The molecule has 3 aromatic heterocycles. The molecule has 3 heterocycles. The number of pyridine rings is 1. The average molecular weight is 493 g/mol. The molecule has 0 bridgehead atoms. The van der Waals surface area contributed by atoms with Gasteiger partial charge in [0.2, 0.25) is 5.13 Å². The van der Waals surface area contributed by atoms with Gasteiger partial charge in [-0.25, -0.2) is 9.78 Å². The molecule has 0 fully saturated rings. The van der Waals surface area contributed by atoms with E-state index in [1.54, 1.807) is 12.3 Å². The molecule has 0 atom stereocenters. The Hall–Kier alpha value is -3.45. The van der Waals surface area contributed by atoms with E-state index in [9.17, 15) is 22.8 Å². The van der Waals surface area contributed by atoms with Crippen molar-refractivity contribution in [3.8, 4) is 0 Å². The highest BCUT2D eigenvalue weighted by atomic mass is 32.2. The number of aromatic nitrogens is 4. The largest absolute Gasteiger partial charge is 0.416 e. The number of nitrogens with zero attached hydrogens (tertiary/aromatic N) is 4. The third-order valence-corrected chi connectivity index (χ3v) is 6.36. The van der Waals surface area contributed by atoms with Crippen molar-refractivity contribution in [3.63, 3.8) is 0 Å². The number of amides is 2. The third-order valence-electron chi connectivity index (χ3n) is 4.36. The summed E-state index contributed by atoms with van der Waals surface area (Å²) in [6.45, 7) is 1.87. The highest BCUT2D eigenvalue weighted by Gasteiger charge is 2.30. The summed E-state index contributed by atoms with van der Waals surface area (Å²) in [6.07, 6.45) is -2.86. The SMILES string of the molecule is Cc1cccn2c(=O)cc(CSc3nnc(NC(=O)Nc4cccc(C(F)(F)F)c4)s3)nc12. The summed E-state index contributed by atoms with van der Waals surface area (Å²) in [5, 5.41) is 12.8. The number of hydrogen-bond acceptors (Lipinski definition) is 7. The monoisotopic (exact) mass is 492 g/mol. The number of thioether (sulfide) groups is 1. The van der Waals surface area contributed by atoms with E-state index in [4.69, 9.17) is 0 Å². The first-order chi connectivity index (χ1) is 15.7. The Bertz CT molecular complexity index is 1390. The van der Waals surface area contributed by atoms with Crippen molar-refractivity contribution in [3.05, 3.63) is 75.8 Å². The zero-order chi connectivity index (χ0) is 23.6. The Kier molecular flexibility index (Phi) is 6.33. The predicted octanol–water partition coefficient (Wildman–Crippen LogP) is 4.81. The molecule has 33 heavy (non-hydrogen) atoms. The fraction of sp³-hybridized carbons (Fsp3) is 0.150. The first-order valence-electron chi connectivity index (χ1n) is 9.38. The Morgan fingerprint density at radius 2 is 1.97 bits per heavy atom. The lowest BCUT2D eigenvalue weighted by Gasteiger charge is -2.09. The van der Waals surface area contributed by atoms with Crippen molar-refractivity contribution >= 4 is 45.6 Å². The van der Waals surface area contributed by atoms with Crippen LogP contribution < -0.4 is 16.2 Å². The van der Waals surface area contributed by atoms with E-state index in [0.717, 1.165) is 29.0 Å². The van der Waals surface area contributed by atoms with Crippen molar-refractivity contribution in [1.29, 1.82) is 0 Å². The van der Waals surface area contributed by atoms with Gasteiger partial charge in [0, 0.05) is 23.7 Å². The van der Waals surface area contributed by atoms with Crippen LogP contribution in [0.1, 0.15) is 16.8 Å². The van der Waals surface area contributed by atoms with Gasteiger partial charge < -0.3 is 5.32 Å². The number of alkyl halides is 3. The van der Waals surface area contributed by atoms with E-state index < -0.39 is 17.8 Å². The second kappa shape index (κ2) is 9.19. The highest BCUT2D eigenvalue weighted by Crippen LogP contribution is 2.31. The predicted molar refractivity (Wildman–Crippen MR) is 120 cm³/mol. The topological polar surface area (TPSA) is 101 Å². The number of carbonyl (C=O) groups excluding carboxylic acids is 1. The Morgan fingerprint density at radius 1 is 1.15 bits per heavy atom. The molecule has 0 saturated carbocycles. The third kappa shape index (κ3) is 5.49. The molecule has 170 valence electrons. The lowest BCUT2D eigenvalue weighted by molar-refractivity contribution is -0.137. The van der Waals surface area contributed by atoms with E-state index in [-0.39, 0.29) is 16.4 Å². The molecule has 0 radical (unpaired) electrons. The normalized spacial score (nSPS) is 11.5. The molecule has 8 nitrogen and oxygen atoms in total. The van der Waals surface area contributed by atoms with Crippen LogP contribution in [0.3, 0.4) is 0 Å². The second-order valence-electron chi connectivity index (χ2n) is 6.79. The number of anilines is 2. The van der Waals surface area contributed by atoms with Crippen LogP contribution in [-0.2, 0) is 11.9 Å². The molecule has 2 amide bonds. The minimum Gasteiger partial charge on any atom is -0.308 e. The van der Waals surface area contributed by atoms with Gasteiger partial charge in [-0.15, -0.1) is 10.2 Å². The molecule has 13 heteroatoms. The number of aryl methyl sites for hydroxylation is 1. The summed E-state index contributed by atoms with van der Waals surface area (Å²) >= 11 is 2.38. The number of benzene rings is 1. The highest BCUT2D eigenvalue weighted by molar-refractivity contribution is 8.00. The maximum Gasteiger partial charge on any atom is 0.416 e. The Morgan fingerprint density at radius 3 is 2.76 bits per heavy atom. The number of halogens is 3. The van der Waals surface area contributed by atoms with Gasteiger partial charge in [-0.3, -0.25) is 14.5 Å². The van der Waals surface area contributed by atoms with Gasteiger partial charge in [-0.2, -0.15) is 13.2 Å². The van der Waals surface area contributed by atoms with Crippen molar-refractivity contribution < 1.29 is 18.0 Å². The van der Waals surface area contributed by atoms with Crippen LogP contribution in [-0.4, -0.2) is 25.6 Å². The zero-order valence-corrected chi connectivity index (χ0v) is 18.5. The molecular formula is C20H15F3N6O2S2. The Labute approximate surface area is 192 Å². The van der Waals surface area contributed by atoms with Crippen LogP contribution in [0.2, 0.25) is 0 Å². The van der Waals surface area contributed by atoms with Crippen LogP contribution >= 0.6 is 23.1 Å². The quantitative estimate of drug-likeness (QED) is 0.306. The first kappa shape index (κ1) is 22.7. The van der Waals surface area contributed by atoms with Gasteiger partial charge >= 0.3 is 12.2 Å². The number of nitrogens with one attached hydrogen (secondary N) is 2.